The largest absolute Gasteiger partial charge is 0.495 e. The summed E-state index contributed by atoms with van der Waals surface area (Å²) in [6, 6.07) is 9.73. The number of ether oxygens (including phenoxy) is 1. The van der Waals surface area contributed by atoms with Crippen molar-refractivity contribution in [3.63, 3.8) is 0 Å². The van der Waals surface area contributed by atoms with Crippen LogP contribution >= 0.6 is 0 Å². The van der Waals surface area contributed by atoms with E-state index in [1.807, 2.05) is 26.0 Å². The molecular formula is C16H18N2O4S. The number of benzene rings is 2. The number of nitrogens with one attached hydrogen (secondary N) is 1. The Balaban J connectivity index is 2.35. The van der Waals surface area contributed by atoms with Gasteiger partial charge in [0.25, 0.3) is 5.91 Å². The molecule has 3 N–H and O–H groups in total. The molecule has 0 spiro atoms. The fourth-order valence-electron chi connectivity index (χ4n) is 2.24. The van der Waals surface area contributed by atoms with E-state index in [0.717, 1.165) is 11.1 Å². The third-order valence-electron chi connectivity index (χ3n) is 3.35. The van der Waals surface area contributed by atoms with Gasteiger partial charge in [0.1, 0.15) is 10.6 Å². The first-order valence-corrected chi connectivity index (χ1v) is 8.36. The maximum Gasteiger partial charge on any atom is 0.255 e. The van der Waals surface area contributed by atoms with E-state index in [4.69, 9.17) is 9.88 Å². The molecule has 0 saturated carbocycles. The van der Waals surface area contributed by atoms with Crippen LogP contribution in [-0.2, 0) is 10.0 Å². The number of anilines is 1. The average Bonchev–Trinajstić information content (AvgIpc) is 2.46. The van der Waals surface area contributed by atoms with Gasteiger partial charge in [-0.1, -0.05) is 17.7 Å². The molecule has 0 atom stereocenters. The summed E-state index contributed by atoms with van der Waals surface area (Å²) in [5.74, 6) is -0.204. The molecule has 6 nitrogen and oxygen atoms in total. The molecule has 1 amide bonds. The SMILES string of the molecule is COc1ccc(NC(=O)c2ccc(C)cc2C)cc1S(N)(=O)=O. The Labute approximate surface area is 135 Å². The summed E-state index contributed by atoms with van der Waals surface area (Å²) in [5.41, 5.74) is 2.73. The van der Waals surface area contributed by atoms with E-state index < -0.39 is 10.0 Å². The van der Waals surface area contributed by atoms with Gasteiger partial charge >= 0.3 is 0 Å². The van der Waals surface area contributed by atoms with Crippen molar-refractivity contribution in [1.82, 2.24) is 0 Å². The van der Waals surface area contributed by atoms with E-state index in [2.05, 4.69) is 5.32 Å². The smallest absolute Gasteiger partial charge is 0.255 e. The summed E-state index contributed by atoms with van der Waals surface area (Å²) in [6.07, 6.45) is 0. The molecule has 0 aliphatic rings. The van der Waals surface area contributed by atoms with E-state index >= 15 is 0 Å². The molecule has 0 aliphatic carbocycles. The highest BCUT2D eigenvalue weighted by molar-refractivity contribution is 7.89. The standard InChI is InChI=1S/C16H18N2O4S/c1-10-4-6-13(11(2)8-10)16(19)18-12-5-7-14(22-3)15(9-12)23(17,20)21/h4-9H,1-3H3,(H,18,19)(H2,17,20,21). The molecule has 0 fully saturated rings. The van der Waals surface area contributed by atoms with Crippen molar-refractivity contribution in [2.24, 2.45) is 5.14 Å². The maximum atomic E-state index is 12.3. The van der Waals surface area contributed by atoms with Gasteiger partial charge in [0.05, 0.1) is 7.11 Å². The zero-order chi connectivity index (χ0) is 17.2. The second-order valence-electron chi connectivity index (χ2n) is 5.18. The van der Waals surface area contributed by atoms with Crippen molar-refractivity contribution in [3.05, 3.63) is 53.1 Å². The second-order valence-corrected chi connectivity index (χ2v) is 6.71. The van der Waals surface area contributed by atoms with Gasteiger partial charge in [0.15, 0.2) is 0 Å². The van der Waals surface area contributed by atoms with Crippen LogP contribution in [0.4, 0.5) is 5.69 Å². The Morgan fingerprint density at radius 3 is 2.39 bits per heavy atom. The number of rotatable bonds is 4. The molecule has 0 unspecified atom stereocenters. The van der Waals surface area contributed by atoms with Gasteiger partial charge < -0.3 is 10.1 Å². The van der Waals surface area contributed by atoms with E-state index in [1.54, 1.807) is 12.1 Å². The third-order valence-corrected chi connectivity index (χ3v) is 4.29. The molecule has 2 aromatic carbocycles. The second kappa shape index (κ2) is 6.39. The minimum atomic E-state index is -3.96. The number of hydrogen-bond donors (Lipinski definition) is 2. The molecule has 23 heavy (non-hydrogen) atoms. The van der Waals surface area contributed by atoms with Gasteiger partial charge in [-0.05, 0) is 43.7 Å². The minimum absolute atomic E-state index is 0.122. The van der Waals surface area contributed by atoms with Gasteiger partial charge in [-0.25, -0.2) is 13.6 Å². The molecule has 0 heterocycles. The highest BCUT2D eigenvalue weighted by Crippen LogP contribution is 2.26. The molecule has 0 saturated heterocycles. The Kier molecular flexibility index (Phi) is 4.72. The van der Waals surface area contributed by atoms with Crippen molar-refractivity contribution in [2.75, 3.05) is 12.4 Å². The Morgan fingerprint density at radius 1 is 1.13 bits per heavy atom. The number of sulfonamides is 1. The molecule has 7 heteroatoms. The van der Waals surface area contributed by atoms with Gasteiger partial charge in [-0.15, -0.1) is 0 Å². The topological polar surface area (TPSA) is 98.5 Å². The van der Waals surface area contributed by atoms with Crippen LogP contribution in [0.3, 0.4) is 0 Å². The van der Waals surface area contributed by atoms with Crippen LogP contribution in [0.25, 0.3) is 0 Å². The highest BCUT2D eigenvalue weighted by atomic mass is 32.2. The van der Waals surface area contributed by atoms with Crippen molar-refractivity contribution in [2.45, 2.75) is 18.7 Å². The van der Waals surface area contributed by atoms with E-state index in [9.17, 15) is 13.2 Å². The molecule has 0 bridgehead atoms. The number of hydrogen-bond acceptors (Lipinski definition) is 4. The van der Waals surface area contributed by atoms with Crippen LogP contribution in [-0.4, -0.2) is 21.4 Å². The molecule has 0 aromatic heterocycles. The number of nitrogens with two attached hydrogens (primary N) is 1. The van der Waals surface area contributed by atoms with E-state index in [0.29, 0.717) is 11.3 Å². The lowest BCUT2D eigenvalue weighted by Gasteiger charge is -2.11. The average molecular weight is 334 g/mol. The molecule has 2 aromatic rings. The fraction of sp³-hybridized carbons (Fsp3) is 0.188. The lowest BCUT2D eigenvalue weighted by molar-refractivity contribution is 0.102. The van der Waals surface area contributed by atoms with Crippen molar-refractivity contribution < 1.29 is 17.9 Å². The van der Waals surface area contributed by atoms with Crippen LogP contribution < -0.4 is 15.2 Å². The first kappa shape index (κ1) is 17.0. The number of methoxy groups -OCH3 is 1. The number of carbonyl (C=O) groups excluding carboxylic acids is 1. The maximum absolute atomic E-state index is 12.3. The van der Waals surface area contributed by atoms with Crippen LogP contribution in [0, 0.1) is 13.8 Å². The molecule has 0 radical (unpaired) electrons. The van der Waals surface area contributed by atoms with Gasteiger partial charge in [0.2, 0.25) is 10.0 Å². The monoisotopic (exact) mass is 334 g/mol. The van der Waals surface area contributed by atoms with Crippen molar-refractivity contribution in [3.8, 4) is 5.75 Å². The molecule has 2 rings (SSSR count). The summed E-state index contributed by atoms with van der Waals surface area (Å²) in [7, 11) is -2.61. The summed E-state index contributed by atoms with van der Waals surface area (Å²) >= 11 is 0. The van der Waals surface area contributed by atoms with Crippen molar-refractivity contribution >= 4 is 21.6 Å². The van der Waals surface area contributed by atoms with Crippen LogP contribution in [0.15, 0.2) is 41.3 Å². The number of aryl methyl sites for hydroxylation is 2. The first-order valence-electron chi connectivity index (χ1n) is 6.82. The first-order chi connectivity index (χ1) is 10.7. The quantitative estimate of drug-likeness (QED) is 0.895. The highest BCUT2D eigenvalue weighted by Gasteiger charge is 2.17. The summed E-state index contributed by atoms with van der Waals surface area (Å²) < 4.78 is 28.2. The van der Waals surface area contributed by atoms with Crippen LogP contribution in [0.2, 0.25) is 0 Å². The van der Waals surface area contributed by atoms with Crippen LogP contribution in [0.5, 0.6) is 5.75 Å². The Bertz CT molecular complexity index is 860. The Hall–Kier alpha value is -2.38. The molecule has 122 valence electrons. The van der Waals surface area contributed by atoms with Crippen molar-refractivity contribution in [1.29, 1.82) is 0 Å². The zero-order valence-corrected chi connectivity index (χ0v) is 13.9. The number of carbonyl (C=O) groups is 1. The van der Waals surface area contributed by atoms with Gasteiger partial charge in [0, 0.05) is 11.3 Å². The third kappa shape index (κ3) is 3.88. The zero-order valence-electron chi connectivity index (χ0n) is 13.1. The number of amides is 1. The fourth-order valence-corrected chi connectivity index (χ4v) is 2.97. The summed E-state index contributed by atoms with van der Waals surface area (Å²) in [6.45, 7) is 3.78. The predicted octanol–water partition coefficient (Wildman–Crippen LogP) is 2.21. The normalized spacial score (nSPS) is 11.1. The lowest BCUT2D eigenvalue weighted by atomic mass is 10.1. The van der Waals surface area contributed by atoms with Gasteiger partial charge in [-0.3, -0.25) is 4.79 Å². The number of primary sulfonamides is 1. The molecule has 0 aliphatic heterocycles. The van der Waals surface area contributed by atoms with E-state index in [1.165, 1.54) is 19.2 Å². The van der Waals surface area contributed by atoms with Gasteiger partial charge in [-0.2, -0.15) is 0 Å². The summed E-state index contributed by atoms with van der Waals surface area (Å²) in [4.78, 5) is 12.2. The molecular weight excluding hydrogens is 316 g/mol. The Morgan fingerprint density at radius 2 is 1.83 bits per heavy atom. The predicted molar refractivity (Wildman–Crippen MR) is 88.2 cm³/mol. The lowest BCUT2D eigenvalue weighted by Crippen LogP contribution is -2.16. The van der Waals surface area contributed by atoms with E-state index in [-0.39, 0.29) is 16.6 Å². The van der Waals surface area contributed by atoms with Crippen LogP contribution in [0.1, 0.15) is 21.5 Å². The minimum Gasteiger partial charge on any atom is -0.495 e. The summed E-state index contributed by atoms with van der Waals surface area (Å²) in [5, 5.41) is 7.83.